The predicted octanol–water partition coefficient (Wildman–Crippen LogP) is 2.38. The molecule has 8 nitrogen and oxygen atoms in total. The molecule has 3 N–H and O–H groups in total. The quantitative estimate of drug-likeness (QED) is 0.280. The summed E-state index contributed by atoms with van der Waals surface area (Å²) in [4.78, 5) is 32.4. The van der Waals surface area contributed by atoms with Crippen LogP contribution in [0.25, 0.3) is 0 Å². The molecule has 0 heterocycles. The number of rotatable bonds is 9. The number of unbranched alkanes of at least 4 members (excludes halogenated alkanes) is 3. The molecule has 1 aromatic carbocycles. The second kappa shape index (κ2) is 9.46. The number of anilines is 1. The van der Waals surface area contributed by atoms with E-state index in [1.54, 1.807) is 5.48 Å². The highest BCUT2D eigenvalue weighted by atomic mass is 16.6. The average molecular weight is 309 g/mol. The Morgan fingerprint density at radius 1 is 1.00 bits per heavy atom. The second-order valence-electron chi connectivity index (χ2n) is 4.80. The minimum absolute atomic E-state index is 0.0232. The molecular weight excluding hydrogens is 290 g/mol. The lowest BCUT2D eigenvalue weighted by Crippen LogP contribution is -2.17. The number of amides is 2. The SMILES string of the molecule is O=C(CCCCCCC(=O)Nc1ccc([N+](=O)[O-])cc1)NO. The van der Waals surface area contributed by atoms with Gasteiger partial charge >= 0.3 is 0 Å². The highest BCUT2D eigenvalue weighted by Crippen LogP contribution is 2.16. The van der Waals surface area contributed by atoms with Crippen molar-refractivity contribution < 1.29 is 19.7 Å². The van der Waals surface area contributed by atoms with Crippen LogP contribution in [0.15, 0.2) is 24.3 Å². The van der Waals surface area contributed by atoms with Gasteiger partial charge in [0.2, 0.25) is 11.8 Å². The zero-order valence-electron chi connectivity index (χ0n) is 12.1. The van der Waals surface area contributed by atoms with Gasteiger partial charge in [-0.1, -0.05) is 12.8 Å². The highest BCUT2D eigenvalue weighted by Gasteiger charge is 2.06. The number of nitrogens with one attached hydrogen (secondary N) is 2. The van der Waals surface area contributed by atoms with E-state index in [4.69, 9.17) is 5.21 Å². The van der Waals surface area contributed by atoms with E-state index in [1.807, 2.05) is 0 Å². The topological polar surface area (TPSA) is 122 Å². The highest BCUT2D eigenvalue weighted by molar-refractivity contribution is 5.90. The Labute approximate surface area is 127 Å². The fourth-order valence-corrected chi connectivity index (χ4v) is 1.87. The monoisotopic (exact) mass is 309 g/mol. The lowest BCUT2D eigenvalue weighted by atomic mass is 10.1. The maximum absolute atomic E-state index is 11.7. The van der Waals surface area contributed by atoms with E-state index >= 15 is 0 Å². The van der Waals surface area contributed by atoms with E-state index in [1.165, 1.54) is 24.3 Å². The van der Waals surface area contributed by atoms with Gasteiger partial charge in [-0.2, -0.15) is 0 Å². The van der Waals surface area contributed by atoms with Gasteiger partial charge in [0.15, 0.2) is 0 Å². The molecule has 2 amide bonds. The number of hydrogen-bond acceptors (Lipinski definition) is 5. The van der Waals surface area contributed by atoms with Crippen LogP contribution >= 0.6 is 0 Å². The summed E-state index contributed by atoms with van der Waals surface area (Å²) in [5.41, 5.74) is 2.07. The zero-order chi connectivity index (χ0) is 16.4. The molecule has 0 unspecified atom stereocenters. The van der Waals surface area contributed by atoms with Gasteiger partial charge < -0.3 is 5.32 Å². The van der Waals surface area contributed by atoms with Crippen LogP contribution in [0.1, 0.15) is 38.5 Å². The fraction of sp³-hybridized carbons (Fsp3) is 0.429. The van der Waals surface area contributed by atoms with Gasteiger partial charge in [-0.3, -0.25) is 24.9 Å². The first-order valence-electron chi connectivity index (χ1n) is 7.00. The largest absolute Gasteiger partial charge is 0.326 e. The Morgan fingerprint density at radius 3 is 2.05 bits per heavy atom. The van der Waals surface area contributed by atoms with E-state index in [-0.39, 0.29) is 18.0 Å². The van der Waals surface area contributed by atoms with Crippen molar-refractivity contribution in [2.24, 2.45) is 0 Å². The molecule has 0 bridgehead atoms. The maximum atomic E-state index is 11.7. The molecule has 120 valence electrons. The fourth-order valence-electron chi connectivity index (χ4n) is 1.87. The number of hydroxylamine groups is 1. The van der Waals surface area contributed by atoms with Crippen molar-refractivity contribution >= 4 is 23.2 Å². The lowest BCUT2D eigenvalue weighted by molar-refractivity contribution is -0.384. The van der Waals surface area contributed by atoms with E-state index in [9.17, 15) is 19.7 Å². The Kier molecular flexibility index (Phi) is 7.55. The number of non-ortho nitro benzene ring substituents is 1. The Hall–Kier alpha value is -2.48. The van der Waals surface area contributed by atoms with Crippen LogP contribution in [0, 0.1) is 10.1 Å². The van der Waals surface area contributed by atoms with Crippen molar-refractivity contribution in [3.63, 3.8) is 0 Å². The lowest BCUT2D eigenvalue weighted by Gasteiger charge is -2.05. The van der Waals surface area contributed by atoms with Gasteiger partial charge in [0, 0.05) is 30.7 Å². The van der Waals surface area contributed by atoms with Crippen molar-refractivity contribution in [2.75, 3.05) is 5.32 Å². The van der Waals surface area contributed by atoms with Crippen LogP contribution in [-0.4, -0.2) is 21.9 Å². The van der Waals surface area contributed by atoms with Crippen LogP contribution in [-0.2, 0) is 9.59 Å². The van der Waals surface area contributed by atoms with Gasteiger partial charge in [0.05, 0.1) is 4.92 Å². The first-order valence-corrected chi connectivity index (χ1v) is 7.00. The van der Waals surface area contributed by atoms with Crippen molar-refractivity contribution in [3.05, 3.63) is 34.4 Å². The molecular formula is C14H19N3O5. The van der Waals surface area contributed by atoms with Gasteiger partial charge in [-0.25, -0.2) is 5.48 Å². The van der Waals surface area contributed by atoms with Gasteiger partial charge in [0.25, 0.3) is 5.69 Å². The minimum atomic E-state index is -0.497. The molecule has 0 aliphatic rings. The van der Waals surface area contributed by atoms with Crippen molar-refractivity contribution in [3.8, 4) is 0 Å². The summed E-state index contributed by atoms with van der Waals surface area (Å²) in [5, 5.41) is 21.5. The molecule has 0 aliphatic carbocycles. The van der Waals surface area contributed by atoms with Gasteiger partial charge in [0.1, 0.15) is 0 Å². The summed E-state index contributed by atoms with van der Waals surface area (Å²) >= 11 is 0. The van der Waals surface area contributed by atoms with Crippen LogP contribution in [0.4, 0.5) is 11.4 Å². The van der Waals surface area contributed by atoms with Crippen LogP contribution in [0.3, 0.4) is 0 Å². The molecule has 0 atom stereocenters. The van der Waals surface area contributed by atoms with Crippen molar-refractivity contribution in [1.82, 2.24) is 5.48 Å². The van der Waals surface area contributed by atoms with Gasteiger partial charge in [-0.15, -0.1) is 0 Å². The molecule has 22 heavy (non-hydrogen) atoms. The second-order valence-corrected chi connectivity index (χ2v) is 4.80. The Bertz CT molecular complexity index is 516. The number of carbonyl (C=O) groups is 2. The standard InChI is InChI=1S/C14H19N3O5/c18-13(5-3-1-2-4-6-14(19)16-20)15-11-7-9-12(10-8-11)17(21)22/h7-10,20H,1-6H2,(H,15,18)(H,16,19). The number of benzene rings is 1. The van der Waals surface area contributed by atoms with Gasteiger partial charge in [-0.05, 0) is 25.0 Å². The summed E-state index contributed by atoms with van der Waals surface area (Å²) in [5.74, 6) is -0.558. The Balaban J connectivity index is 2.18. The zero-order valence-corrected chi connectivity index (χ0v) is 12.1. The number of nitro benzene ring substituents is 1. The first kappa shape index (κ1) is 17.6. The molecule has 0 aliphatic heterocycles. The number of nitro groups is 1. The molecule has 1 rings (SSSR count). The van der Waals surface area contributed by atoms with E-state index in [2.05, 4.69) is 5.32 Å². The first-order chi connectivity index (χ1) is 10.5. The predicted molar refractivity (Wildman–Crippen MR) is 79.4 cm³/mol. The molecule has 0 aromatic heterocycles. The molecule has 0 saturated heterocycles. The molecule has 0 saturated carbocycles. The number of hydrogen-bond donors (Lipinski definition) is 3. The van der Waals surface area contributed by atoms with E-state index in [0.29, 0.717) is 24.9 Å². The third kappa shape index (κ3) is 6.80. The third-order valence-corrected chi connectivity index (χ3v) is 3.04. The third-order valence-electron chi connectivity index (χ3n) is 3.04. The summed E-state index contributed by atoms with van der Waals surface area (Å²) in [6.07, 6.45) is 3.59. The van der Waals surface area contributed by atoms with E-state index in [0.717, 1.165) is 12.8 Å². The normalized spacial score (nSPS) is 10.0. The molecule has 0 radical (unpaired) electrons. The van der Waals surface area contributed by atoms with Crippen LogP contribution < -0.4 is 10.8 Å². The minimum Gasteiger partial charge on any atom is -0.326 e. The molecule has 8 heteroatoms. The number of carbonyl (C=O) groups excluding carboxylic acids is 2. The summed E-state index contributed by atoms with van der Waals surface area (Å²) in [6.45, 7) is 0. The summed E-state index contributed by atoms with van der Waals surface area (Å²) in [7, 11) is 0. The average Bonchev–Trinajstić information content (AvgIpc) is 2.50. The smallest absolute Gasteiger partial charge is 0.269 e. The summed E-state index contributed by atoms with van der Waals surface area (Å²) in [6, 6.07) is 5.65. The molecule has 1 aromatic rings. The Morgan fingerprint density at radius 2 is 1.55 bits per heavy atom. The van der Waals surface area contributed by atoms with Crippen LogP contribution in [0.5, 0.6) is 0 Å². The van der Waals surface area contributed by atoms with E-state index < -0.39 is 10.8 Å². The summed E-state index contributed by atoms with van der Waals surface area (Å²) < 4.78 is 0. The molecule has 0 fully saturated rings. The van der Waals surface area contributed by atoms with Crippen molar-refractivity contribution in [1.29, 1.82) is 0 Å². The van der Waals surface area contributed by atoms with Crippen LogP contribution in [0.2, 0.25) is 0 Å². The number of nitrogens with zero attached hydrogens (tertiary/aromatic N) is 1. The van der Waals surface area contributed by atoms with Crippen molar-refractivity contribution in [2.45, 2.75) is 38.5 Å². The maximum Gasteiger partial charge on any atom is 0.269 e. The molecule has 0 spiro atoms.